The molecule has 0 N–H and O–H groups in total. The second-order valence-corrected chi connectivity index (χ2v) is 6.65. The summed E-state index contributed by atoms with van der Waals surface area (Å²) in [7, 11) is -3.09. The van der Waals surface area contributed by atoms with E-state index in [1.54, 1.807) is 0 Å². The third-order valence-corrected chi connectivity index (χ3v) is 3.85. The van der Waals surface area contributed by atoms with Crippen LogP contribution in [0.5, 0.6) is 0 Å². The van der Waals surface area contributed by atoms with Gasteiger partial charge < -0.3 is 18.5 Å². The largest absolute Gasteiger partial charge is 0.463 e. The molecule has 0 aromatic rings. The molecule has 0 spiro atoms. The minimum atomic E-state index is -3.09. The number of carbonyl (C=O) groups excluding carboxylic acids is 2. The number of unbranched alkanes of at least 4 members (excludes halogenated alkanes) is 2. The van der Waals surface area contributed by atoms with E-state index in [2.05, 4.69) is 13.2 Å². The lowest BCUT2D eigenvalue weighted by atomic mass is 10.3. The first-order valence-electron chi connectivity index (χ1n) is 7.36. The molecule has 0 saturated heterocycles. The molecule has 0 radical (unpaired) electrons. The van der Waals surface area contributed by atoms with Crippen molar-refractivity contribution in [3.05, 3.63) is 25.3 Å². The highest BCUT2D eigenvalue weighted by Gasteiger charge is 2.16. The molecule has 0 atom stereocenters. The monoisotopic (exact) mass is 348 g/mol. The van der Waals surface area contributed by atoms with E-state index < -0.39 is 19.5 Å². The van der Waals surface area contributed by atoms with Gasteiger partial charge >= 0.3 is 19.5 Å². The van der Waals surface area contributed by atoms with Crippen molar-refractivity contribution in [1.29, 1.82) is 0 Å². The lowest BCUT2D eigenvalue weighted by Crippen LogP contribution is -2.04. The van der Waals surface area contributed by atoms with Crippen molar-refractivity contribution >= 4 is 19.5 Å². The summed E-state index contributed by atoms with van der Waals surface area (Å²) in [5.74, 6) is -0.927. The second kappa shape index (κ2) is 13.0. The van der Waals surface area contributed by atoms with Gasteiger partial charge in [0.25, 0.3) is 0 Å². The standard InChI is InChI=1S/C15H25O7P/c1-4-14(16)19-10-6-8-12-21-23(3,18)22-13-9-7-11-20-15(17)5-2/h4-5H,1-2,6-13H2,3H3. The van der Waals surface area contributed by atoms with Crippen molar-refractivity contribution in [2.75, 3.05) is 33.1 Å². The highest BCUT2D eigenvalue weighted by molar-refractivity contribution is 7.52. The zero-order valence-electron chi connectivity index (χ0n) is 13.5. The molecular weight excluding hydrogens is 323 g/mol. The molecule has 0 aliphatic heterocycles. The van der Waals surface area contributed by atoms with Crippen molar-refractivity contribution < 1.29 is 32.7 Å². The molecule has 8 heteroatoms. The Kier molecular flexibility index (Phi) is 12.2. The number of hydrogen-bond acceptors (Lipinski definition) is 7. The highest BCUT2D eigenvalue weighted by Crippen LogP contribution is 2.43. The van der Waals surface area contributed by atoms with E-state index in [1.807, 2.05) is 0 Å². The van der Waals surface area contributed by atoms with Crippen molar-refractivity contribution in [2.24, 2.45) is 0 Å². The van der Waals surface area contributed by atoms with Crippen LogP contribution in [0.25, 0.3) is 0 Å². The lowest BCUT2D eigenvalue weighted by Gasteiger charge is -2.14. The molecule has 0 fully saturated rings. The maximum atomic E-state index is 11.9. The maximum Gasteiger partial charge on any atom is 0.330 e. The molecule has 0 unspecified atom stereocenters. The third-order valence-electron chi connectivity index (χ3n) is 2.55. The number of ether oxygens (including phenoxy) is 2. The highest BCUT2D eigenvalue weighted by atomic mass is 31.2. The van der Waals surface area contributed by atoms with Crippen molar-refractivity contribution in [3.63, 3.8) is 0 Å². The first-order chi connectivity index (χ1) is 10.9. The van der Waals surface area contributed by atoms with Crippen LogP contribution < -0.4 is 0 Å². The average Bonchev–Trinajstić information content (AvgIpc) is 2.53. The molecule has 0 bridgehead atoms. The summed E-state index contributed by atoms with van der Waals surface area (Å²) in [6, 6.07) is 0. The molecule has 0 saturated carbocycles. The van der Waals surface area contributed by atoms with Crippen molar-refractivity contribution in [3.8, 4) is 0 Å². The smallest absolute Gasteiger partial charge is 0.330 e. The Bertz CT molecular complexity index is 398. The van der Waals surface area contributed by atoms with Gasteiger partial charge in [-0.3, -0.25) is 4.57 Å². The molecule has 23 heavy (non-hydrogen) atoms. The quantitative estimate of drug-likeness (QED) is 0.206. The Labute approximate surface area is 137 Å². The number of rotatable bonds is 14. The van der Waals surface area contributed by atoms with Crippen LogP contribution in [0.15, 0.2) is 25.3 Å². The molecule has 7 nitrogen and oxygen atoms in total. The van der Waals surface area contributed by atoms with E-state index in [1.165, 1.54) is 6.66 Å². The van der Waals surface area contributed by atoms with Crippen molar-refractivity contribution in [2.45, 2.75) is 25.7 Å². The first kappa shape index (κ1) is 21.6. The fourth-order valence-corrected chi connectivity index (χ4v) is 2.37. The normalized spacial score (nSPS) is 10.8. The minimum absolute atomic E-state index is 0.260. The van der Waals surface area contributed by atoms with Crippen molar-refractivity contribution in [1.82, 2.24) is 0 Å². The van der Waals surface area contributed by atoms with Crippen LogP contribution in [-0.4, -0.2) is 45.0 Å². The molecule has 0 aliphatic carbocycles. The Morgan fingerprint density at radius 1 is 0.826 bits per heavy atom. The van der Waals surface area contributed by atoms with E-state index in [0.717, 1.165) is 12.2 Å². The lowest BCUT2D eigenvalue weighted by molar-refractivity contribution is -0.138. The summed E-state index contributed by atoms with van der Waals surface area (Å²) in [5.41, 5.74) is 0. The first-order valence-corrected chi connectivity index (χ1v) is 9.35. The average molecular weight is 348 g/mol. The summed E-state index contributed by atoms with van der Waals surface area (Å²) in [5, 5.41) is 0. The molecule has 132 valence electrons. The molecule has 0 rings (SSSR count). The van der Waals surface area contributed by atoms with Crippen LogP contribution in [0.1, 0.15) is 25.7 Å². The molecule has 0 heterocycles. The van der Waals surface area contributed by atoms with Gasteiger partial charge in [-0.2, -0.15) is 0 Å². The zero-order valence-corrected chi connectivity index (χ0v) is 14.4. The second-order valence-electron chi connectivity index (χ2n) is 4.60. The molecule has 0 aromatic heterocycles. The SMILES string of the molecule is C=CC(=O)OCCCCOP(C)(=O)OCCCCOC(=O)C=C. The molecule has 0 amide bonds. The summed E-state index contributed by atoms with van der Waals surface area (Å²) < 4.78 is 31.9. The van der Waals surface area contributed by atoms with E-state index in [4.69, 9.17) is 18.5 Å². The zero-order chi connectivity index (χ0) is 17.6. The van der Waals surface area contributed by atoms with Gasteiger partial charge in [-0.25, -0.2) is 9.59 Å². The molecular formula is C15H25O7P. The fraction of sp³-hybridized carbons (Fsp3) is 0.600. The van der Waals surface area contributed by atoms with Gasteiger partial charge in [-0.15, -0.1) is 0 Å². The Balaban J connectivity index is 3.55. The summed E-state index contributed by atoms with van der Waals surface area (Å²) in [4.78, 5) is 21.6. The van der Waals surface area contributed by atoms with E-state index in [9.17, 15) is 14.2 Å². The predicted octanol–water partition coefficient (Wildman–Crippen LogP) is 2.86. The summed E-state index contributed by atoms with van der Waals surface area (Å²) in [6.07, 6.45) is 4.61. The van der Waals surface area contributed by atoms with E-state index in [-0.39, 0.29) is 26.4 Å². The van der Waals surface area contributed by atoms with Crippen LogP contribution in [0.2, 0.25) is 0 Å². The van der Waals surface area contributed by atoms with Gasteiger partial charge in [0.2, 0.25) is 0 Å². The third kappa shape index (κ3) is 13.9. The molecule has 0 aliphatic rings. The van der Waals surface area contributed by atoms with Crippen LogP contribution in [0.4, 0.5) is 0 Å². The number of carbonyl (C=O) groups is 2. The fourth-order valence-electron chi connectivity index (χ4n) is 1.37. The van der Waals surface area contributed by atoms with Gasteiger partial charge in [-0.05, 0) is 25.7 Å². The van der Waals surface area contributed by atoms with Gasteiger partial charge in [0, 0.05) is 18.8 Å². The maximum absolute atomic E-state index is 11.9. The Hall–Kier alpha value is -1.43. The van der Waals surface area contributed by atoms with Crippen LogP contribution in [0.3, 0.4) is 0 Å². The predicted molar refractivity (Wildman–Crippen MR) is 86.2 cm³/mol. The van der Waals surface area contributed by atoms with Gasteiger partial charge in [0.05, 0.1) is 26.4 Å². The Morgan fingerprint density at radius 3 is 1.52 bits per heavy atom. The van der Waals surface area contributed by atoms with Crippen LogP contribution in [-0.2, 0) is 32.7 Å². The van der Waals surface area contributed by atoms with Gasteiger partial charge in [0.15, 0.2) is 0 Å². The minimum Gasteiger partial charge on any atom is -0.463 e. The van der Waals surface area contributed by atoms with Gasteiger partial charge in [0.1, 0.15) is 0 Å². The Morgan fingerprint density at radius 2 is 1.17 bits per heavy atom. The van der Waals surface area contributed by atoms with E-state index in [0.29, 0.717) is 25.7 Å². The van der Waals surface area contributed by atoms with E-state index >= 15 is 0 Å². The number of esters is 2. The van der Waals surface area contributed by atoms with Gasteiger partial charge in [-0.1, -0.05) is 13.2 Å². The summed E-state index contributed by atoms with van der Waals surface area (Å²) in [6.45, 7) is 9.04. The topological polar surface area (TPSA) is 88.1 Å². The molecule has 0 aromatic carbocycles. The van der Waals surface area contributed by atoms with Crippen LogP contribution >= 0.6 is 7.60 Å². The van der Waals surface area contributed by atoms with Crippen LogP contribution in [0, 0.1) is 0 Å². The number of hydrogen-bond donors (Lipinski definition) is 0. The summed E-state index contributed by atoms with van der Waals surface area (Å²) >= 11 is 0.